The van der Waals surface area contributed by atoms with Gasteiger partial charge in [0.2, 0.25) is 0 Å². The van der Waals surface area contributed by atoms with Gasteiger partial charge in [0.05, 0.1) is 12.7 Å². The van der Waals surface area contributed by atoms with E-state index >= 15 is 0 Å². The van der Waals surface area contributed by atoms with Crippen LogP contribution in [0.1, 0.15) is 57.8 Å². The predicted octanol–water partition coefficient (Wildman–Crippen LogP) is 2.55. The lowest BCUT2D eigenvalue weighted by Gasteiger charge is -2.46. The third-order valence-corrected chi connectivity index (χ3v) is 5.55. The Morgan fingerprint density at radius 2 is 1.68 bits per heavy atom. The van der Waals surface area contributed by atoms with Gasteiger partial charge in [-0.2, -0.15) is 0 Å². The number of morpholine rings is 1. The highest BCUT2D eigenvalue weighted by molar-refractivity contribution is 4.96. The summed E-state index contributed by atoms with van der Waals surface area (Å²) >= 11 is 0. The van der Waals surface area contributed by atoms with Crippen LogP contribution in [0.2, 0.25) is 0 Å². The average molecular weight is 266 g/mol. The number of hydrogen-bond acceptors (Lipinski definition) is 3. The molecule has 4 atom stereocenters. The van der Waals surface area contributed by atoms with Gasteiger partial charge in [-0.05, 0) is 39.2 Å². The van der Waals surface area contributed by atoms with Crippen molar-refractivity contribution >= 4 is 0 Å². The standard InChI is InChI=1S/C16H30N2O/c1-17-13-7-4-2-3-5-8-14(13)18-11-12-19-16-10-6-9-15(16)18/h13-17H,2-12H2,1H3. The molecule has 2 saturated carbocycles. The smallest absolute Gasteiger partial charge is 0.0731 e. The summed E-state index contributed by atoms with van der Waals surface area (Å²) in [4.78, 5) is 2.83. The maximum Gasteiger partial charge on any atom is 0.0731 e. The van der Waals surface area contributed by atoms with Gasteiger partial charge in [0.1, 0.15) is 0 Å². The molecule has 19 heavy (non-hydrogen) atoms. The number of rotatable bonds is 2. The second-order valence-corrected chi connectivity index (χ2v) is 6.60. The predicted molar refractivity (Wildman–Crippen MR) is 78.4 cm³/mol. The molecule has 0 aromatic carbocycles. The molecular formula is C16H30N2O. The maximum absolute atomic E-state index is 5.99. The summed E-state index contributed by atoms with van der Waals surface area (Å²) < 4.78 is 5.99. The van der Waals surface area contributed by atoms with Crippen molar-refractivity contribution in [2.75, 3.05) is 20.2 Å². The van der Waals surface area contributed by atoms with Gasteiger partial charge >= 0.3 is 0 Å². The molecule has 2 aliphatic carbocycles. The van der Waals surface area contributed by atoms with Gasteiger partial charge in [0, 0.05) is 24.7 Å². The fourth-order valence-electron chi connectivity index (χ4n) is 4.57. The lowest BCUT2D eigenvalue weighted by Crippen LogP contribution is -2.58. The number of nitrogens with zero attached hydrogens (tertiary/aromatic N) is 1. The molecule has 3 rings (SSSR count). The largest absolute Gasteiger partial charge is 0.375 e. The molecule has 110 valence electrons. The Kier molecular flexibility index (Phi) is 4.78. The van der Waals surface area contributed by atoms with Crippen molar-refractivity contribution in [1.29, 1.82) is 0 Å². The minimum absolute atomic E-state index is 0.539. The molecule has 3 aliphatic rings. The topological polar surface area (TPSA) is 24.5 Å². The van der Waals surface area contributed by atoms with Gasteiger partial charge in [-0.1, -0.05) is 25.7 Å². The SMILES string of the molecule is CNC1CCCCCCC1N1CCOC2CCCC21. The first-order chi connectivity index (χ1) is 9.40. The monoisotopic (exact) mass is 266 g/mol. The van der Waals surface area contributed by atoms with E-state index in [4.69, 9.17) is 4.74 Å². The molecule has 0 radical (unpaired) electrons. The van der Waals surface area contributed by atoms with E-state index in [-0.39, 0.29) is 0 Å². The highest BCUT2D eigenvalue weighted by atomic mass is 16.5. The van der Waals surface area contributed by atoms with E-state index in [2.05, 4.69) is 17.3 Å². The number of fused-ring (bicyclic) bond motifs is 1. The first kappa shape index (κ1) is 13.8. The molecule has 1 heterocycles. The Morgan fingerprint density at radius 1 is 0.895 bits per heavy atom. The number of nitrogens with one attached hydrogen (secondary N) is 1. The van der Waals surface area contributed by atoms with Crippen molar-refractivity contribution in [2.45, 2.75) is 82.0 Å². The van der Waals surface area contributed by atoms with Gasteiger partial charge in [0.25, 0.3) is 0 Å². The van der Waals surface area contributed by atoms with Crippen molar-refractivity contribution < 1.29 is 4.74 Å². The van der Waals surface area contributed by atoms with Crippen LogP contribution in [-0.2, 0) is 4.74 Å². The van der Waals surface area contributed by atoms with E-state index in [1.165, 1.54) is 57.8 Å². The minimum Gasteiger partial charge on any atom is -0.375 e. The molecule has 3 nitrogen and oxygen atoms in total. The number of hydrogen-bond donors (Lipinski definition) is 1. The Bertz CT molecular complexity index is 284. The zero-order valence-corrected chi connectivity index (χ0v) is 12.4. The summed E-state index contributed by atoms with van der Waals surface area (Å²) in [5.74, 6) is 0. The summed E-state index contributed by atoms with van der Waals surface area (Å²) in [6.07, 6.45) is 13.0. The van der Waals surface area contributed by atoms with Crippen molar-refractivity contribution in [3.8, 4) is 0 Å². The lowest BCUT2D eigenvalue weighted by molar-refractivity contribution is -0.0792. The van der Waals surface area contributed by atoms with Crippen molar-refractivity contribution in [2.24, 2.45) is 0 Å². The molecule has 1 aliphatic heterocycles. The molecular weight excluding hydrogens is 236 g/mol. The summed E-state index contributed by atoms with van der Waals surface area (Å²) in [5.41, 5.74) is 0. The summed E-state index contributed by atoms with van der Waals surface area (Å²) in [6, 6.07) is 2.16. The maximum atomic E-state index is 5.99. The number of likely N-dealkylation sites (N-methyl/N-ethyl adjacent to an activating group) is 1. The van der Waals surface area contributed by atoms with E-state index < -0.39 is 0 Å². The van der Waals surface area contributed by atoms with Crippen LogP contribution in [0.4, 0.5) is 0 Å². The molecule has 3 fully saturated rings. The van der Waals surface area contributed by atoms with Crippen LogP contribution in [0.15, 0.2) is 0 Å². The van der Waals surface area contributed by atoms with Crippen LogP contribution < -0.4 is 5.32 Å². The van der Waals surface area contributed by atoms with E-state index in [0.717, 1.165) is 19.2 Å². The zero-order valence-electron chi connectivity index (χ0n) is 12.4. The number of ether oxygens (including phenoxy) is 1. The minimum atomic E-state index is 0.539. The molecule has 0 aromatic heterocycles. The Balaban J connectivity index is 1.72. The summed E-state index contributed by atoms with van der Waals surface area (Å²) in [7, 11) is 2.16. The molecule has 1 saturated heterocycles. The summed E-state index contributed by atoms with van der Waals surface area (Å²) in [6.45, 7) is 2.11. The molecule has 0 spiro atoms. The Morgan fingerprint density at radius 3 is 2.53 bits per heavy atom. The lowest BCUT2D eigenvalue weighted by atomic mass is 9.89. The highest BCUT2D eigenvalue weighted by Crippen LogP contribution is 2.34. The average Bonchev–Trinajstić information content (AvgIpc) is 2.87. The Labute approximate surface area is 118 Å². The fraction of sp³-hybridized carbons (Fsp3) is 1.00. The molecule has 4 unspecified atom stereocenters. The summed E-state index contributed by atoms with van der Waals surface area (Å²) in [5, 5.41) is 3.62. The quantitative estimate of drug-likeness (QED) is 0.831. The third-order valence-electron chi connectivity index (χ3n) is 5.55. The fourth-order valence-corrected chi connectivity index (χ4v) is 4.57. The molecule has 1 N–H and O–H groups in total. The van der Waals surface area contributed by atoms with Crippen LogP contribution >= 0.6 is 0 Å². The normalized spacial score (nSPS) is 41.5. The second kappa shape index (κ2) is 6.55. The molecule has 0 amide bonds. The van der Waals surface area contributed by atoms with Crippen molar-refractivity contribution in [3.05, 3.63) is 0 Å². The van der Waals surface area contributed by atoms with E-state index in [1.54, 1.807) is 0 Å². The van der Waals surface area contributed by atoms with Crippen LogP contribution in [-0.4, -0.2) is 49.3 Å². The van der Waals surface area contributed by atoms with Crippen LogP contribution in [0, 0.1) is 0 Å². The van der Waals surface area contributed by atoms with Gasteiger partial charge in [0.15, 0.2) is 0 Å². The molecule has 0 aromatic rings. The van der Waals surface area contributed by atoms with Gasteiger partial charge in [-0.3, -0.25) is 4.90 Å². The van der Waals surface area contributed by atoms with Crippen molar-refractivity contribution in [3.63, 3.8) is 0 Å². The van der Waals surface area contributed by atoms with Crippen LogP contribution in [0.25, 0.3) is 0 Å². The van der Waals surface area contributed by atoms with Gasteiger partial charge in [-0.15, -0.1) is 0 Å². The third kappa shape index (κ3) is 2.98. The van der Waals surface area contributed by atoms with Crippen molar-refractivity contribution in [1.82, 2.24) is 10.2 Å². The van der Waals surface area contributed by atoms with E-state index in [9.17, 15) is 0 Å². The highest BCUT2D eigenvalue weighted by Gasteiger charge is 2.40. The first-order valence-corrected chi connectivity index (χ1v) is 8.45. The Hall–Kier alpha value is -0.120. The zero-order chi connectivity index (χ0) is 13.1. The van der Waals surface area contributed by atoms with Gasteiger partial charge in [-0.25, -0.2) is 0 Å². The molecule has 0 bridgehead atoms. The second-order valence-electron chi connectivity index (χ2n) is 6.60. The van der Waals surface area contributed by atoms with Crippen LogP contribution in [0.3, 0.4) is 0 Å². The van der Waals surface area contributed by atoms with E-state index in [0.29, 0.717) is 18.2 Å². The van der Waals surface area contributed by atoms with Gasteiger partial charge < -0.3 is 10.1 Å². The first-order valence-electron chi connectivity index (χ1n) is 8.45. The van der Waals surface area contributed by atoms with E-state index in [1.807, 2.05) is 0 Å². The van der Waals surface area contributed by atoms with Crippen LogP contribution in [0.5, 0.6) is 0 Å². The molecule has 3 heteroatoms.